The number of ether oxygens (including phenoxy) is 1. The van der Waals surface area contributed by atoms with E-state index in [1.54, 1.807) is 13.2 Å². The standard InChI is InChI=1S/C12H20N2O3/c1-9-6-10(8-14(16)7-9)13(5)11(15)17-12(2,3)4/h6-7,16H,8H2,1-5H3. The van der Waals surface area contributed by atoms with E-state index in [0.717, 1.165) is 10.6 Å². The molecule has 0 radical (unpaired) electrons. The van der Waals surface area contributed by atoms with Gasteiger partial charge in [0.1, 0.15) is 5.60 Å². The lowest BCUT2D eigenvalue weighted by Crippen LogP contribution is -2.37. The maximum Gasteiger partial charge on any atom is 0.414 e. The number of hydroxylamine groups is 2. The summed E-state index contributed by atoms with van der Waals surface area (Å²) < 4.78 is 5.25. The average Bonchev–Trinajstić information content (AvgIpc) is 2.12. The fraction of sp³-hybridized carbons (Fsp3) is 0.583. The van der Waals surface area contributed by atoms with E-state index in [1.807, 2.05) is 33.8 Å². The third-order valence-electron chi connectivity index (χ3n) is 2.17. The Balaban J connectivity index is 2.74. The second-order valence-electron chi connectivity index (χ2n) is 5.15. The Kier molecular flexibility index (Phi) is 3.83. The van der Waals surface area contributed by atoms with Crippen LogP contribution in [0.4, 0.5) is 4.79 Å². The first-order valence-electron chi connectivity index (χ1n) is 5.50. The van der Waals surface area contributed by atoms with Gasteiger partial charge in [0.15, 0.2) is 0 Å². The van der Waals surface area contributed by atoms with Gasteiger partial charge in [-0.25, -0.2) is 4.79 Å². The number of hydrogen-bond donors (Lipinski definition) is 1. The molecule has 0 bridgehead atoms. The fourth-order valence-electron chi connectivity index (χ4n) is 1.44. The van der Waals surface area contributed by atoms with Crippen LogP contribution in [0.2, 0.25) is 0 Å². The third-order valence-corrected chi connectivity index (χ3v) is 2.17. The number of carbonyl (C=O) groups is 1. The van der Waals surface area contributed by atoms with Crippen molar-refractivity contribution in [3.05, 3.63) is 23.5 Å². The van der Waals surface area contributed by atoms with E-state index in [9.17, 15) is 10.0 Å². The predicted molar refractivity (Wildman–Crippen MR) is 64.3 cm³/mol. The Bertz CT molecular complexity index is 366. The van der Waals surface area contributed by atoms with Gasteiger partial charge in [0.05, 0.1) is 6.54 Å². The molecular weight excluding hydrogens is 220 g/mol. The summed E-state index contributed by atoms with van der Waals surface area (Å²) >= 11 is 0. The summed E-state index contributed by atoms with van der Waals surface area (Å²) in [6.45, 7) is 7.57. The molecule has 5 nitrogen and oxygen atoms in total. The lowest BCUT2D eigenvalue weighted by Gasteiger charge is -2.29. The van der Waals surface area contributed by atoms with Crippen LogP contribution in [0.25, 0.3) is 0 Å². The first-order valence-corrected chi connectivity index (χ1v) is 5.50. The normalized spacial score (nSPS) is 16.2. The minimum absolute atomic E-state index is 0.271. The van der Waals surface area contributed by atoms with Gasteiger partial charge in [-0.05, 0) is 39.3 Å². The third kappa shape index (κ3) is 4.11. The lowest BCUT2D eigenvalue weighted by molar-refractivity contribution is -0.0394. The summed E-state index contributed by atoms with van der Waals surface area (Å²) in [6.07, 6.45) is 3.02. The van der Waals surface area contributed by atoms with Gasteiger partial charge in [-0.15, -0.1) is 0 Å². The van der Waals surface area contributed by atoms with Crippen molar-refractivity contribution >= 4 is 6.09 Å². The molecule has 96 valence electrons. The molecule has 0 aliphatic carbocycles. The molecule has 0 saturated heterocycles. The van der Waals surface area contributed by atoms with Crippen molar-refractivity contribution in [3.63, 3.8) is 0 Å². The van der Waals surface area contributed by atoms with E-state index in [-0.39, 0.29) is 6.54 Å². The topological polar surface area (TPSA) is 53.0 Å². The monoisotopic (exact) mass is 240 g/mol. The molecule has 0 aromatic carbocycles. The smallest absolute Gasteiger partial charge is 0.414 e. The van der Waals surface area contributed by atoms with Crippen LogP contribution in [0.5, 0.6) is 0 Å². The summed E-state index contributed by atoms with van der Waals surface area (Å²) in [5.74, 6) is 0. The highest BCUT2D eigenvalue weighted by molar-refractivity contribution is 5.70. The van der Waals surface area contributed by atoms with Gasteiger partial charge in [-0.3, -0.25) is 15.2 Å². The zero-order valence-electron chi connectivity index (χ0n) is 11.0. The Labute approximate surface area is 102 Å². The van der Waals surface area contributed by atoms with E-state index < -0.39 is 11.7 Å². The Hall–Kier alpha value is -1.49. The van der Waals surface area contributed by atoms with Crippen LogP contribution in [0.1, 0.15) is 27.7 Å². The second-order valence-corrected chi connectivity index (χ2v) is 5.15. The molecule has 1 aliphatic rings. The van der Waals surface area contributed by atoms with Crippen LogP contribution >= 0.6 is 0 Å². The summed E-state index contributed by atoms with van der Waals surface area (Å²) in [7, 11) is 1.63. The number of rotatable bonds is 1. The van der Waals surface area contributed by atoms with Crippen molar-refractivity contribution in [1.29, 1.82) is 0 Å². The van der Waals surface area contributed by atoms with Crippen molar-refractivity contribution < 1.29 is 14.7 Å². The van der Waals surface area contributed by atoms with Crippen molar-refractivity contribution in [2.45, 2.75) is 33.3 Å². The van der Waals surface area contributed by atoms with Gasteiger partial charge in [0.2, 0.25) is 0 Å². The minimum atomic E-state index is -0.523. The van der Waals surface area contributed by atoms with Crippen LogP contribution in [0.3, 0.4) is 0 Å². The van der Waals surface area contributed by atoms with Crippen LogP contribution < -0.4 is 0 Å². The first kappa shape index (κ1) is 13.6. The fourth-order valence-corrected chi connectivity index (χ4v) is 1.44. The zero-order valence-corrected chi connectivity index (χ0v) is 11.0. The van der Waals surface area contributed by atoms with E-state index in [0.29, 0.717) is 5.70 Å². The van der Waals surface area contributed by atoms with Crippen molar-refractivity contribution in [2.75, 3.05) is 13.6 Å². The van der Waals surface area contributed by atoms with Crippen molar-refractivity contribution in [3.8, 4) is 0 Å². The second kappa shape index (κ2) is 4.79. The van der Waals surface area contributed by atoms with Crippen LogP contribution in [0.15, 0.2) is 23.5 Å². The summed E-state index contributed by atoms with van der Waals surface area (Å²) in [4.78, 5) is 13.2. The van der Waals surface area contributed by atoms with Gasteiger partial charge < -0.3 is 4.74 Å². The Morgan fingerprint density at radius 1 is 1.53 bits per heavy atom. The highest BCUT2D eigenvalue weighted by Gasteiger charge is 2.23. The molecule has 0 aromatic rings. The SMILES string of the molecule is CC1=CN(O)CC(N(C)C(=O)OC(C)(C)C)=C1. The quantitative estimate of drug-likeness (QED) is 0.764. The van der Waals surface area contributed by atoms with E-state index >= 15 is 0 Å². The van der Waals surface area contributed by atoms with Gasteiger partial charge in [0.25, 0.3) is 0 Å². The molecule has 1 rings (SSSR count). The van der Waals surface area contributed by atoms with E-state index in [1.165, 1.54) is 4.90 Å². The molecule has 0 spiro atoms. The molecule has 0 aromatic heterocycles. The van der Waals surface area contributed by atoms with Crippen LogP contribution in [-0.2, 0) is 4.74 Å². The number of carbonyl (C=O) groups excluding carboxylic acids is 1. The maximum absolute atomic E-state index is 11.8. The molecule has 1 amide bonds. The first-order chi connectivity index (χ1) is 7.69. The number of allylic oxidation sites excluding steroid dienone is 2. The Morgan fingerprint density at radius 2 is 2.12 bits per heavy atom. The number of hydrogen-bond acceptors (Lipinski definition) is 4. The van der Waals surface area contributed by atoms with Crippen molar-refractivity contribution in [1.82, 2.24) is 9.96 Å². The van der Waals surface area contributed by atoms with Crippen molar-refractivity contribution in [2.24, 2.45) is 0 Å². The molecule has 0 saturated carbocycles. The highest BCUT2D eigenvalue weighted by atomic mass is 16.6. The number of nitrogens with zero attached hydrogens (tertiary/aromatic N) is 2. The van der Waals surface area contributed by atoms with E-state index in [2.05, 4.69) is 0 Å². The van der Waals surface area contributed by atoms with Gasteiger partial charge >= 0.3 is 6.09 Å². The summed E-state index contributed by atoms with van der Waals surface area (Å²) in [5, 5.41) is 10.5. The predicted octanol–water partition coefficient (Wildman–Crippen LogP) is 2.35. The Morgan fingerprint density at radius 3 is 2.59 bits per heavy atom. The molecule has 0 fully saturated rings. The van der Waals surface area contributed by atoms with Crippen LogP contribution in [0, 0.1) is 0 Å². The highest BCUT2D eigenvalue weighted by Crippen LogP contribution is 2.17. The molecule has 1 N–H and O–H groups in total. The van der Waals surface area contributed by atoms with Gasteiger partial charge in [-0.2, -0.15) is 0 Å². The largest absolute Gasteiger partial charge is 0.443 e. The van der Waals surface area contributed by atoms with Gasteiger partial charge in [-0.1, -0.05) is 0 Å². The minimum Gasteiger partial charge on any atom is -0.443 e. The molecule has 1 heterocycles. The number of amides is 1. The molecule has 1 aliphatic heterocycles. The van der Waals surface area contributed by atoms with Crippen LogP contribution in [-0.4, -0.2) is 40.5 Å². The maximum atomic E-state index is 11.8. The molecule has 17 heavy (non-hydrogen) atoms. The molecule has 0 atom stereocenters. The average molecular weight is 240 g/mol. The summed E-state index contributed by atoms with van der Waals surface area (Å²) in [5.41, 5.74) is 1.05. The zero-order chi connectivity index (χ0) is 13.2. The van der Waals surface area contributed by atoms with Gasteiger partial charge in [0, 0.05) is 18.9 Å². The molecular formula is C12H20N2O3. The summed E-state index contributed by atoms with van der Waals surface area (Å²) in [6, 6.07) is 0. The molecule has 5 heteroatoms. The number of likely N-dealkylation sites (N-methyl/N-ethyl adjacent to an activating group) is 1. The molecule has 0 unspecified atom stereocenters. The lowest BCUT2D eigenvalue weighted by atomic mass is 10.2. The van der Waals surface area contributed by atoms with E-state index in [4.69, 9.17) is 4.74 Å².